The number of amides is 1. The summed E-state index contributed by atoms with van der Waals surface area (Å²) in [6.07, 6.45) is 6.17. The number of carbonyl (C=O) groups excluding carboxylic acids is 1. The van der Waals surface area contributed by atoms with Gasteiger partial charge in [-0.05, 0) is 50.2 Å². The molecule has 0 unspecified atom stereocenters. The highest BCUT2D eigenvalue weighted by molar-refractivity contribution is 5.67. The van der Waals surface area contributed by atoms with Crippen LogP contribution >= 0.6 is 0 Å². The fourth-order valence-corrected chi connectivity index (χ4v) is 3.45. The summed E-state index contributed by atoms with van der Waals surface area (Å²) in [6.45, 7) is 8.64. The lowest BCUT2D eigenvalue weighted by Gasteiger charge is -2.24. The van der Waals surface area contributed by atoms with Gasteiger partial charge in [0.05, 0.1) is 35.5 Å². The molecular weight excluding hydrogens is 394 g/mol. The van der Waals surface area contributed by atoms with Crippen LogP contribution in [0.15, 0.2) is 17.8 Å². The minimum atomic E-state index is -0.453. The number of nitrogens with two attached hydrogens (primary N) is 2. The monoisotopic (exact) mass is 433 g/mol. The van der Waals surface area contributed by atoms with E-state index in [0.29, 0.717) is 36.7 Å². The van der Waals surface area contributed by atoms with Crippen molar-refractivity contribution < 1.29 is 14.3 Å². The van der Waals surface area contributed by atoms with Gasteiger partial charge in [-0.1, -0.05) is 27.2 Å². The Morgan fingerprint density at radius 3 is 2.52 bits per heavy atom. The van der Waals surface area contributed by atoms with Crippen LogP contribution in [0.3, 0.4) is 0 Å². The summed E-state index contributed by atoms with van der Waals surface area (Å²) < 4.78 is 11.4. The van der Waals surface area contributed by atoms with Gasteiger partial charge in [0.25, 0.3) is 0 Å². The van der Waals surface area contributed by atoms with Crippen molar-refractivity contribution in [2.24, 2.45) is 17.0 Å². The van der Waals surface area contributed by atoms with E-state index in [9.17, 15) is 4.79 Å². The number of pyridine rings is 1. The minimum absolute atomic E-state index is 0.0826. The first-order valence-electron chi connectivity index (χ1n) is 11.1. The number of aryl methyl sites for hydroxylation is 1. The van der Waals surface area contributed by atoms with Crippen LogP contribution < -0.4 is 21.6 Å². The molecule has 2 rings (SSSR count). The van der Waals surface area contributed by atoms with Crippen molar-refractivity contribution in [2.45, 2.75) is 72.3 Å². The normalized spacial score (nSPS) is 15.8. The number of nitrogens with one attached hydrogen (secondary N) is 1. The lowest BCUT2D eigenvalue weighted by atomic mass is 9.98. The van der Waals surface area contributed by atoms with Crippen molar-refractivity contribution in [3.05, 3.63) is 29.2 Å². The Morgan fingerprint density at radius 2 is 1.94 bits per heavy atom. The first-order valence-corrected chi connectivity index (χ1v) is 11.1. The summed E-state index contributed by atoms with van der Waals surface area (Å²) in [6, 6.07) is 3.78. The molecule has 0 aromatic carbocycles. The van der Waals surface area contributed by atoms with Crippen molar-refractivity contribution in [2.75, 3.05) is 20.2 Å². The van der Waals surface area contributed by atoms with E-state index in [-0.39, 0.29) is 11.5 Å². The summed E-state index contributed by atoms with van der Waals surface area (Å²) in [5.74, 6) is 6.80. The second-order valence-electron chi connectivity index (χ2n) is 9.44. The second-order valence-corrected chi connectivity index (χ2v) is 9.44. The zero-order valence-corrected chi connectivity index (χ0v) is 19.7. The Hall–Kier alpha value is -2.48. The summed E-state index contributed by atoms with van der Waals surface area (Å²) in [7, 11) is 1.72. The molecule has 1 aliphatic carbocycles. The van der Waals surface area contributed by atoms with Crippen LogP contribution in [0.25, 0.3) is 5.70 Å². The molecule has 1 saturated carbocycles. The zero-order chi connectivity index (χ0) is 23.0. The van der Waals surface area contributed by atoms with Crippen molar-refractivity contribution in [1.82, 2.24) is 15.3 Å². The average Bonchev–Trinajstić information content (AvgIpc) is 2.70. The third kappa shape index (κ3) is 8.28. The van der Waals surface area contributed by atoms with Crippen molar-refractivity contribution in [3.63, 3.8) is 0 Å². The first kappa shape index (κ1) is 24.8. The molecule has 8 heteroatoms. The molecular formula is C23H39N5O3. The molecule has 1 aliphatic rings. The highest BCUT2D eigenvalue weighted by Gasteiger charge is 2.18. The van der Waals surface area contributed by atoms with Crippen LogP contribution in [0, 0.1) is 12.3 Å². The van der Waals surface area contributed by atoms with E-state index in [1.807, 2.05) is 39.8 Å². The van der Waals surface area contributed by atoms with E-state index < -0.39 is 6.09 Å². The lowest BCUT2D eigenvalue weighted by Crippen LogP contribution is -2.33. The van der Waals surface area contributed by atoms with Gasteiger partial charge in [0.2, 0.25) is 0 Å². The number of hydrogen-bond donors (Lipinski definition) is 3. The molecule has 1 aromatic rings. The van der Waals surface area contributed by atoms with Gasteiger partial charge in [-0.2, -0.15) is 0 Å². The van der Waals surface area contributed by atoms with E-state index in [0.717, 1.165) is 24.3 Å². The standard InChI is InChI=1S/C23H39N5O3/c1-16-20(31-17-9-7-6-8-10-17)12-11-18(27-16)21(24)19(28(5)25)13-14-26-22(29)30-15-23(2,3)4/h11-12,17H,6-10,13-15,24-25H2,1-5H3,(H,26,29)/b21-19-. The topological polar surface area (TPSA) is 116 Å². The number of ether oxygens (including phenoxy) is 2. The maximum Gasteiger partial charge on any atom is 0.407 e. The molecule has 1 aromatic heterocycles. The van der Waals surface area contributed by atoms with E-state index in [2.05, 4.69) is 10.3 Å². The molecule has 0 spiro atoms. The smallest absolute Gasteiger partial charge is 0.407 e. The van der Waals surface area contributed by atoms with E-state index in [1.54, 1.807) is 7.05 Å². The van der Waals surface area contributed by atoms with Crippen molar-refractivity contribution >= 4 is 11.8 Å². The summed E-state index contributed by atoms with van der Waals surface area (Å²) in [5.41, 5.74) is 8.90. The van der Waals surface area contributed by atoms with Crippen molar-refractivity contribution in [3.8, 4) is 5.75 Å². The number of rotatable bonds is 8. The predicted molar refractivity (Wildman–Crippen MR) is 123 cm³/mol. The number of nitrogens with zero attached hydrogens (tertiary/aromatic N) is 2. The fraction of sp³-hybridized carbons (Fsp3) is 0.652. The third-order valence-electron chi connectivity index (χ3n) is 5.16. The molecule has 8 nitrogen and oxygen atoms in total. The quantitative estimate of drug-likeness (QED) is 0.423. The Labute approximate surface area is 186 Å². The van der Waals surface area contributed by atoms with Crippen molar-refractivity contribution in [1.29, 1.82) is 0 Å². The average molecular weight is 434 g/mol. The highest BCUT2D eigenvalue weighted by atomic mass is 16.5. The van der Waals surface area contributed by atoms with Crippen LogP contribution in [0.2, 0.25) is 0 Å². The molecule has 31 heavy (non-hydrogen) atoms. The lowest BCUT2D eigenvalue weighted by molar-refractivity contribution is 0.106. The number of aromatic nitrogens is 1. The Bertz CT molecular complexity index is 765. The first-order chi connectivity index (χ1) is 14.6. The predicted octanol–water partition coefficient (Wildman–Crippen LogP) is 3.70. The SMILES string of the molecule is Cc1nc(/C(N)=C(\CCNC(=O)OCC(C)(C)C)N(C)N)ccc1OC1CCCCC1. The summed E-state index contributed by atoms with van der Waals surface area (Å²) >= 11 is 0. The molecule has 1 amide bonds. The van der Waals surface area contributed by atoms with E-state index >= 15 is 0 Å². The number of hydrogen-bond acceptors (Lipinski definition) is 7. The van der Waals surface area contributed by atoms with Crippen LogP contribution in [0.4, 0.5) is 4.79 Å². The highest BCUT2D eigenvalue weighted by Crippen LogP contribution is 2.26. The molecule has 0 atom stereocenters. The molecule has 1 fully saturated rings. The number of hydrazine groups is 1. The zero-order valence-electron chi connectivity index (χ0n) is 19.7. The Balaban J connectivity index is 2.01. The van der Waals surface area contributed by atoms with Crippen LogP contribution in [-0.2, 0) is 4.74 Å². The molecule has 0 radical (unpaired) electrons. The van der Waals surface area contributed by atoms with Gasteiger partial charge in [-0.15, -0.1) is 0 Å². The molecule has 0 bridgehead atoms. The van der Waals surface area contributed by atoms with E-state index in [1.165, 1.54) is 24.3 Å². The molecule has 5 N–H and O–H groups in total. The third-order valence-corrected chi connectivity index (χ3v) is 5.16. The number of carbonyl (C=O) groups is 1. The fourth-order valence-electron chi connectivity index (χ4n) is 3.45. The maximum atomic E-state index is 11.9. The van der Waals surface area contributed by atoms with Gasteiger partial charge in [-0.3, -0.25) is 0 Å². The van der Waals surface area contributed by atoms with Crippen LogP contribution in [0.1, 0.15) is 70.7 Å². The van der Waals surface area contributed by atoms with Crippen LogP contribution in [0.5, 0.6) is 5.75 Å². The van der Waals surface area contributed by atoms with Gasteiger partial charge in [0, 0.05) is 20.0 Å². The molecule has 0 saturated heterocycles. The minimum Gasteiger partial charge on any atom is -0.489 e. The summed E-state index contributed by atoms with van der Waals surface area (Å²) in [4.78, 5) is 16.5. The molecule has 0 aliphatic heterocycles. The van der Waals surface area contributed by atoms with Gasteiger partial charge < -0.3 is 25.5 Å². The van der Waals surface area contributed by atoms with Gasteiger partial charge >= 0.3 is 6.09 Å². The second kappa shape index (κ2) is 11.2. The molecule has 1 heterocycles. The number of alkyl carbamates (subject to hydrolysis) is 1. The van der Waals surface area contributed by atoms with E-state index in [4.69, 9.17) is 21.1 Å². The molecule has 174 valence electrons. The van der Waals surface area contributed by atoms with Crippen LogP contribution in [-0.4, -0.2) is 42.4 Å². The maximum absolute atomic E-state index is 11.9. The van der Waals surface area contributed by atoms with Gasteiger partial charge in [0.1, 0.15) is 5.75 Å². The van der Waals surface area contributed by atoms with Gasteiger partial charge in [0.15, 0.2) is 0 Å². The summed E-state index contributed by atoms with van der Waals surface area (Å²) in [5, 5.41) is 4.20. The Kier molecular flexibility index (Phi) is 8.98. The van der Waals surface area contributed by atoms with Gasteiger partial charge in [-0.25, -0.2) is 15.6 Å². The Morgan fingerprint density at radius 1 is 1.26 bits per heavy atom. The largest absolute Gasteiger partial charge is 0.489 e.